The van der Waals surface area contributed by atoms with Crippen molar-refractivity contribution >= 4 is 11.6 Å². The van der Waals surface area contributed by atoms with Gasteiger partial charge < -0.3 is 15.4 Å². The van der Waals surface area contributed by atoms with Gasteiger partial charge in [0.15, 0.2) is 0 Å². The Labute approximate surface area is 109 Å². The molecule has 19 heavy (non-hydrogen) atoms. The lowest BCUT2D eigenvalue weighted by atomic mass is 10.1. The summed E-state index contributed by atoms with van der Waals surface area (Å²) in [5.74, 6) is -0.240. The number of carbonyl (C=O) groups is 1. The summed E-state index contributed by atoms with van der Waals surface area (Å²) in [6.07, 6.45) is 0. The number of benzene rings is 1. The molecular weight excluding hydrogens is 244 g/mol. The fraction of sp³-hybridized carbons (Fsp3) is 0.143. The van der Waals surface area contributed by atoms with E-state index in [1.165, 1.54) is 18.2 Å². The molecule has 0 radical (unpaired) electrons. The number of phenolic OH excluding ortho intramolecular Hbond substituents is 1. The van der Waals surface area contributed by atoms with Gasteiger partial charge in [0.2, 0.25) is 5.56 Å². The molecule has 0 saturated heterocycles. The molecule has 0 unspecified atom stereocenters. The van der Waals surface area contributed by atoms with Gasteiger partial charge in [0.05, 0.1) is 0 Å². The molecule has 2 aromatic rings. The average molecular weight is 258 g/mol. The highest BCUT2D eigenvalue weighted by Gasteiger charge is 2.11. The number of hydrogen-bond donors (Lipinski definition) is 3. The van der Waals surface area contributed by atoms with Crippen molar-refractivity contribution in [3.05, 3.63) is 57.5 Å². The number of aromatic hydroxyl groups is 1. The molecule has 3 N–H and O–H groups in total. The van der Waals surface area contributed by atoms with Crippen molar-refractivity contribution in [2.45, 2.75) is 13.8 Å². The van der Waals surface area contributed by atoms with E-state index < -0.39 is 5.91 Å². The van der Waals surface area contributed by atoms with E-state index in [4.69, 9.17) is 0 Å². The van der Waals surface area contributed by atoms with Crippen molar-refractivity contribution in [1.29, 1.82) is 0 Å². The van der Waals surface area contributed by atoms with Crippen LogP contribution in [0.1, 0.15) is 21.6 Å². The van der Waals surface area contributed by atoms with Gasteiger partial charge >= 0.3 is 0 Å². The standard InChI is InChI=1S/C14H14N2O3/c1-8-6-10(17)7-9(2)13(8)16-14(19)11-4-3-5-12(18)15-11/h3-7,17H,1-2H3,(H,15,18)(H,16,19). The third-order valence-electron chi connectivity index (χ3n) is 2.77. The Balaban J connectivity index is 2.32. The number of amides is 1. The van der Waals surface area contributed by atoms with Crippen LogP contribution in [0.15, 0.2) is 35.1 Å². The molecule has 0 saturated carbocycles. The molecular formula is C14H14N2O3. The monoisotopic (exact) mass is 258 g/mol. The third kappa shape index (κ3) is 2.82. The Bertz CT molecular complexity index is 666. The van der Waals surface area contributed by atoms with Crippen LogP contribution in [0, 0.1) is 13.8 Å². The molecule has 98 valence electrons. The minimum Gasteiger partial charge on any atom is -0.508 e. The minimum atomic E-state index is -0.394. The summed E-state index contributed by atoms with van der Waals surface area (Å²) in [5.41, 5.74) is 2.01. The van der Waals surface area contributed by atoms with Gasteiger partial charge in [-0.2, -0.15) is 0 Å². The highest BCUT2D eigenvalue weighted by molar-refractivity contribution is 6.03. The number of nitrogens with one attached hydrogen (secondary N) is 2. The van der Waals surface area contributed by atoms with Gasteiger partial charge in [-0.25, -0.2) is 0 Å². The number of phenols is 1. The fourth-order valence-corrected chi connectivity index (χ4v) is 1.90. The number of H-pyrrole nitrogens is 1. The number of rotatable bonds is 2. The molecule has 0 atom stereocenters. The van der Waals surface area contributed by atoms with Crippen molar-refractivity contribution in [1.82, 2.24) is 4.98 Å². The Morgan fingerprint density at radius 3 is 2.42 bits per heavy atom. The van der Waals surface area contributed by atoms with Gasteiger partial charge in [-0.1, -0.05) is 6.07 Å². The van der Waals surface area contributed by atoms with E-state index in [0.29, 0.717) is 5.69 Å². The van der Waals surface area contributed by atoms with E-state index >= 15 is 0 Å². The van der Waals surface area contributed by atoms with Gasteiger partial charge in [0.25, 0.3) is 5.91 Å². The second-order valence-electron chi connectivity index (χ2n) is 4.34. The van der Waals surface area contributed by atoms with E-state index in [1.54, 1.807) is 26.0 Å². The predicted octanol–water partition coefficient (Wildman–Crippen LogP) is 1.95. The van der Waals surface area contributed by atoms with Gasteiger partial charge in [0, 0.05) is 11.8 Å². The summed E-state index contributed by atoms with van der Waals surface area (Å²) in [6.45, 7) is 3.58. The van der Waals surface area contributed by atoms with Crippen LogP contribution in [-0.4, -0.2) is 16.0 Å². The van der Waals surface area contributed by atoms with Crippen LogP contribution in [0.5, 0.6) is 5.75 Å². The fourth-order valence-electron chi connectivity index (χ4n) is 1.90. The molecule has 5 nitrogen and oxygen atoms in total. The second-order valence-corrected chi connectivity index (χ2v) is 4.34. The minimum absolute atomic E-state index is 0.154. The molecule has 1 aromatic carbocycles. The van der Waals surface area contributed by atoms with Crippen molar-refractivity contribution in [2.75, 3.05) is 5.32 Å². The van der Waals surface area contributed by atoms with Crippen LogP contribution in [0.2, 0.25) is 0 Å². The quantitative estimate of drug-likeness (QED) is 0.720. The van der Waals surface area contributed by atoms with Crippen LogP contribution in [-0.2, 0) is 0 Å². The number of aromatic nitrogens is 1. The van der Waals surface area contributed by atoms with E-state index in [1.807, 2.05) is 0 Å². The summed E-state index contributed by atoms with van der Waals surface area (Å²) in [4.78, 5) is 25.6. The van der Waals surface area contributed by atoms with Gasteiger partial charge in [-0.15, -0.1) is 0 Å². The first-order valence-electron chi connectivity index (χ1n) is 5.78. The molecule has 0 aliphatic rings. The van der Waals surface area contributed by atoms with Crippen LogP contribution >= 0.6 is 0 Å². The molecule has 5 heteroatoms. The first-order valence-corrected chi connectivity index (χ1v) is 5.78. The zero-order chi connectivity index (χ0) is 14.0. The Morgan fingerprint density at radius 1 is 1.21 bits per heavy atom. The topological polar surface area (TPSA) is 82.2 Å². The zero-order valence-corrected chi connectivity index (χ0v) is 10.7. The van der Waals surface area contributed by atoms with Crippen molar-refractivity contribution in [3.63, 3.8) is 0 Å². The van der Waals surface area contributed by atoms with Crippen LogP contribution in [0.4, 0.5) is 5.69 Å². The number of anilines is 1. The summed E-state index contributed by atoms with van der Waals surface area (Å²) >= 11 is 0. The molecule has 0 spiro atoms. The summed E-state index contributed by atoms with van der Waals surface area (Å²) in [6, 6.07) is 7.52. The number of pyridine rings is 1. The Hall–Kier alpha value is -2.56. The molecule has 0 aliphatic carbocycles. The zero-order valence-electron chi connectivity index (χ0n) is 10.7. The lowest BCUT2D eigenvalue weighted by molar-refractivity contribution is 0.102. The smallest absolute Gasteiger partial charge is 0.272 e. The summed E-state index contributed by atoms with van der Waals surface area (Å²) in [5, 5.41) is 12.2. The highest BCUT2D eigenvalue weighted by Crippen LogP contribution is 2.25. The molecule has 1 heterocycles. The summed E-state index contributed by atoms with van der Waals surface area (Å²) in [7, 11) is 0. The van der Waals surface area contributed by atoms with E-state index in [0.717, 1.165) is 11.1 Å². The lowest BCUT2D eigenvalue weighted by Crippen LogP contribution is -2.18. The van der Waals surface area contributed by atoms with Gasteiger partial charge in [0.1, 0.15) is 11.4 Å². The molecule has 2 rings (SSSR count). The highest BCUT2D eigenvalue weighted by atomic mass is 16.3. The number of carbonyl (C=O) groups excluding carboxylic acids is 1. The Kier molecular flexibility index (Phi) is 3.37. The SMILES string of the molecule is Cc1cc(O)cc(C)c1NC(=O)c1cccc(=O)[nH]1. The van der Waals surface area contributed by atoms with Crippen molar-refractivity contribution in [3.8, 4) is 5.75 Å². The molecule has 0 fully saturated rings. The van der Waals surface area contributed by atoms with Gasteiger partial charge in [-0.05, 0) is 43.2 Å². The average Bonchev–Trinajstić information content (AvgIpc) is 2.33. The van der Waals surface area contributed by atoms with Crippen molar-refractivity contribution < 1.29 is 9.90 Å². The van der Waals surface area contributed by atoms with E-state index in [9.17, 15) is 14.7 Å². The molecule has 1 amide bonds. The maximum atomic E-state index is 12.0. The van der Waals surface area contributed by atoms with Crippen LogP contribution in [0.3, 0.4) is 0 Å². The number of aryl methyl sites for hydroxylation is 2. The second kappa shape index (κ2) is 4.97. The maximum absolute atomic E-state index is 12.0. The van der Waals surface area contributed by atoms with Crippen LogP contribution in [0.25, 0.3) is 0 Å². The number of aromatic amines is 1. The molecule has 0 bridgehead atoms. The third-order valence-corrected chi connectivity index (χ3v) is 2.77. The normalized spacial score (nSPS) is 10.2. The first-order chi connectivity index (χ1) is 8.97. The summed E-state index contributed by atoms with van der Waals surface area (Å²) < 4.78 is 0. The lowest BCUT2D eigenvalue weighted by Gasteiger charge is -2.12. The Morgan fingerprint density at radius 2 is 1.84 bits per heavy atom. The largest absolute Gasteiger partial charge is 0.508 e. The number of hydrogen-bond acceptors (Lipinski definition) is 3. The van der Waals surface area contributed by atoms with Gasteiger partial charge in [-0.3, -0.25) is 9.59 Å². The first kappa shape index (κ1) is 12.9. The van der Waals surface area contributed by atoms with E-state index in [-0.39, 0.29) is 17.0 Å². The van der Waals surface area contributed by atoms with Crippen LogP contribution < -0.4 is 10.9 Å². The predicted molar refractivity (Wildman–Crippen MR) is 72.6 cm³/mol. The van der Waals surface area contributed by atoms with E-state index in [2.05, 4.69) is 10.3 Å². The molecule has 0 aliphatic heterocycles. The maximum Gasteiger partial charge on any atom is 0.272 e. The van der Waals surface area contributed by atoms with Crippen molar-refractivity contribution in [2.24, 2.45) is 0 Å². The molecule has 1 aromatic heterocycles.